The molecule has 0 bridgehead atoms. The molecule has 0 amide bonds. The van der Waals surface area contributed by atoms with Crippen LogP contribution in [0.5, 0.6) is 0 Å². The second kappa shape index (κ2) is 10.2. The Hall–Kier alpha value is -2.80. The molecule has 1 heteroatoms. The zero-order valence-corrected chi connectivity index (χ0v) is 23.8. The number of anilines is 1. The number of unbranched alkanes of at least 4 members (excludes halogenated alkanes) is 1. The van der Waals surface area contributed by atoms with Crippen LogP contribution < -0.4 is 5.32 Å². The quantitative estimate of drug-likeness (QED) is 0.344. The van der Waals surface area contributed by atoms with Crippen LogP contribution in [0.2, 0.25) is 0 Å². The molecule has 5 rings (SSSR count). The maximum absolute atomic E-state index is 4.34. The Labute approximate surface area is 225 Å². The highest BCUT2D eigenvalue weighted by molar-refractivity contribution is 5.81. The molecule has 194 valence electrons. The molecule has 0 aromatic heterocycles. The molecular weight excluding hydrogens is 446 g/mol. The number of fused-ring (bicyclic) bond motifs is 3. The van der Waals surface area contributed by atoms with Crippen LogP contribution in [0.1, 0.15) is 106 Å². The highest BCUT2D eigenvalue weighted by Gasteiger charge is 2.49. The second-order valence-corrected chi connectivity index (χ2v) is 12.8. The summed E-state index contributed by atoms with van der Waals surface area (Å²) in [5.41, 5.74) is 13.3. The third-order valence-corrected chi connectivity index (χ3v) is 8.64. The van der Waals surface area contributed by atoms with Crippen LogP contribution in [-0.2, 0) is 0 Å². The van der Waals surface area contributed by atoms with Gasteiger partial charge in [0.15, 0.2) is 0 Å². The van der Waals surface area contributed by atoms with Crippen molar-refractivity contribution in [3.63, 3.8) is 0 Å². The average molecular weight is 492 g/mol. The molecule has 0 spiro atoms. The molecule has 3 aliphatic rings. The van der Waals surface area contributed by atoms with Gasteiger partial charge in [-0.1, -0.05) is 101 Å². The number of hydrogen-bond donors (Lipinski definition) is 1. The van der Waals surface area contributed by atoms with Gasteiger partial charge >= 0.3 is 0 Å². The predicted molar refractivity (Wildman–Crippen MR) is 162 cm³/mol. The van der Waals surface area contributed by atoms with E-state index in [1.165, 1.54) is 69.5 Å². The molecule has 0 saturated heterocycles. The largest absolute Gasteiger partial charge is 0.377 e. The fourth-order valence-electron chi connectivity index (χ4n) is 6.59. The minimum atomic E-state index is 0.229. The van der Waals surface area contributed by atoms with Gasteiger partial charge in [0.05, 0.1) is 6.04 Å². The summed E-state index contributed by atoms with van der Waals surface area (Å²) in [6.45, 7) is 18.4. The van der Waals surface area contributed by atoms with Crippen LogP contribution >= 0.6 is 0 Å². The monoisotopic (exact) mass is 491 g/mol. The number of allylic oxidation sites excluding steroid dienone is 5. The van der Waals surface area contributed by atoms with Crippen LogP contribution in [0.3, 0.4) is 0 Å². The van der Waals surface area contributed by atoms with Gasteiger partial charge in [0.25, 0.3) is 0 Å². The van der Waals surface area contributed by atoms with Gasteiger partial charge in [0.1, 0.15) is 0 Å². The third-order valence-electron chi connectivity index (χ3n) is 8.64. The zero-order valence-electron chi connectivity index (χ0n) is 23.8. The molecule has 4 unspecified atom stereocenters. The SMILES string of the molecule is C=CC(CC(C)(C)C)c1c(C2=CC(CCCC)=CCC2C)ccc(NC2C3=Cc4ccccc4C32)c1C. The lowest BCUT2D eigenvalue weighted by Gasteiger charge is -2.31. The van der Waals surface area contributed by atoms with Crippen LogP contribution in [0, 0.1) is 18.3 Å². The number of benzene rings is 2. The van der Waals surface area contributed by atoms with Crippen molar-refractivity contribution in [2.45, 2.75) is 91.5 Å². The van der Waals surface area contributed by atoms with Gasteiger partial charge in [-0.25, -0.2) is 0 Å². The molecule has 1 N–H and O–H groups in total. The van der Waals surface area contributed by atoms with Gasteiger partial charge in [-0.15, -0.1) is 6.58 Å². The van der Waals surface area contributed by atoms with Crippen molar-refractivity contribution >= 4 is 17.3 Å². The molecule has 37 heavy (non-hydrogen) atoms. The summed E-state index contributed by atoms with van der Waals surface area (Å²) in [7, 11) is 0. The van der Waals surface area contributed by atoms with Gasteiger partial charge in [-0.3, -0.25) is 0 Å². The summed E-state index contributed by atoms with van der Waals surface area (Å²) >= 11 is 0. The second-order valence-electron chi connectivity index (χ2n) is 12.8. The van der Waals surface area contributed by atoms with Crippen molar-refractivity contribution in [1.82, 2.24) is 0 Å². The van der Waals surface area contributed by atoms with E-state index in [-0.39, 0.29) is 5.41 Å². The molecule has 1 saturated carbocycles. The summed E-state index contributed by atoms with van der Waals surface area (Å²) in [5.74, 6) is 1.40. The molecular formula is C36H45N. The van der Waals surface area contributed by atoms with Crippen LogP contribution in [0.25, 0.3) is 11.6 Å². The summed E-state index contributed by atoms with van der Waals surface area (Å²) in [4.78, 5) is 0. The fourth-order valence-corrected chi connectivity index (χ4v) is 6.59. The van der Waals surface area contributed by atoms with Crippen LogP contribution in [0.15, 0.2) is 72.4 Å². The Bertz CT molecular complexity index is 1280. The van der Waals surface area contributed by atoms with Crippen molar-refractivity contribution in [2.75, 3.05) is 5.32 Å². The first-order chi connectivity index (χ1) is 17.7. The maximum Gasteiger partial charge on any atom is 0.0591 e. The smallest absolute Gasteiger partial charge is 0.0591 e. The number of rotatable bonds is 9. The molecule has 1 fully saturated rings. The van der Waals surface area contributed by atoms with Crippen molar-refractivity contribution in [1.29, 1.82) is 0 Å². The lowest BCUT2D eigenvalue weighted by Crippen LogP contribution is -2.16. The van der Waals surface area contributed by atoms with E-state index in [0.717, 1.165) is 12.8 Å². The lowest BCUT2D eigenvalue weighted by atomic mass is 9.75. The summed E-state index contributed by atoms with van der Waals surface area (Å²) < 4.78 is 0. The Kier molecular flexibility index (Phi) is 7.10. The third kappa shape index (κ3) is 5.15. The normalized spacial score (nSPS) is 22.9. The van der Waals surface area contributed by atoms with Gasteiger partial charge in [0, 0.05) is 17.5 Å². The van der Waals surface area contributed by atoms with E-state index >= 15 is 0 Å². The predicted octanol–water partition coefficient (Wildman–Crippen LogP) is 10.2. The van der Waals surface area contributed by atoms with Crippen LogP contribution in [0.4, 0.5) is 5.69 Å². The molecule has 2 aromatic rings. The Morgan fingerprint density at radius 3 is 2.62 bits per heavy atom. The molecule has 0 aliphatic heterocycles. The van der Waals surface area contributed by atoms with E-state index in [0.29, 0.717) is 23.8 Å². The van der Waals surface area contributed by atoms with E-state index < -0.39 is 0 Å². The number of nitrogens with one attached hydrogen (secondary N) is 1. The maximum atomic E-state index is 4.34. The molecule has 1 nitrogen and oxygen atoms in total. The first-order valence-electron chi connectivity index (χ1n) is 14.5. The fraction of sp³-hybridized carbons (Fsp3) is 0.444. The molecule has 2 aromatic carbocycles. The van der Waals surface area contributed by atoms with Crippen LogP contribution in [-0.4, -0.2) is 6.04 Å². The van der Waals surface area contributed by atoms with Crippen molar-refractivity contribution in [3.05, 3.63) is 100 Å². The van der Waals surface area contributed by atoms with Gasteiger partial charge in [0.2, 0.25) is 0 Å². The van der Waals surface area contributed by atoms with E-state index in [9.17, 15) is 0 Å². The molecule has 4 atom stereocenters. The number of hydrogen-bond acceptors (Lipinski definition) is 1. The summed E-state index contributed by atoms with van der Waals surface area (Å²) in [6.07, 6.45) is 15.5. The van der Waals surface area contributed by atoms with Gasteiger partial charge in [-0.05, 0) is 89.0 Å². The van der Waals surface area contributed by atoms with Crippen molar-refractivity contribution < 1.29 is 0 Å². The highest BCUT2D eigenvalue weighted by atomic mass is 15.0. The topological polar surface area (TPSA) is 12.0 Å². The Morgan fingerprint density at radius 1 is 1.11 bits per heavy atom. The van der Waals surface area contributed by atoms with E-state index in [4.69, 9.17) is 0 Å². The Balaban J connectivity index is 1.52. The molecule has 0 heterocycles. The molecule has 0 radical (unpaired) electrons. The minimum Gasteiger partial charge on any atom is -0.377 e. The standard InChI is InChI=1S/C36H45N/c1-8-10-13-25-17-16-23(3)30(20-25)29-18-19-32(24(4)33(29)26(9-2)22-36(5,6)7)37-35-31-21-27-14-11-12-15-28(27)34(31)35/h9,11-12,14-15,17-21,23,26,34-35,37H,2,8,10,13,16,22H2,1,3-7H3. The van der Waals surface area contributed by atoms with E-state index in [1.807, 2.05) is 0 Å². The first-order valence-corrected chi connectivity index (χ1v) is 14.5. The lowest BCUT2D eigenvalue weighted by molar-refractivity contribution is 0.360. The van der Waals surface area contributed by atoms with E-state index in [2.05, 4.69) is 114 Å². The zero-order chi connectivity index (χ0) is 26.3. The van der Waals surface area contributed by atoms with Gasteiger partial charge < -0.3 is 5.32 Å². The molecule has 3 aliphatic carbocycles. The summed E-state index contributed by atoms with van der Waals surface area (Å²) in [5, 5.41) is 3.95. The van der Waals surface area contributed by atoms with Gasteiger partial charge in [-0.2, -0.15) is 0 Å². The minimum absolute atomic E-state index is 0.229. The average Bonchev–Trinajstić information content (AvgIpc) is 3.38. The highest BCUT2D eigenvalue weighted by Crippen LogP contribution is 2.56. The van der Waals surface area contributed by atoms with Crippen molar-refractivity contribution in [2.24, 2.45) is 11.3 Å². The van der Waals surface area contributed by atoms with Crippen molar-refractivity contribution in [3.8, 4) is 0 Å². The van der Waals surface area contributed by atoms with E-state index in [1.54, 1.807) is 0 Å². The summed E-state index contributed by atoms with van der Waals surface area (Å²) in [6, 6.07) is 14.0. The first kappa shape index (κ1) is 25.8. The Morgan fingerprint density at radius 2 is 1.89 bits per heavy atom.